The molecule has 0 saturated carbocycles. The van der Waals surface area contributed by atoms with E-state index in [9.17, 15) is 27.1 Å². The molecule has 2 aromatic rings. The first kappa shape index (κ1) is 23.3. The molecule has 0 radical (unpaired) electrons. The Morgan fingerprint density at radius 1 is 1.10 bits per heavy atom. The SMILES string of the molecule is O=C(N[C@@H]1CC[C@@H](CCNS(=O)(=O)c2ccc(F)cc2)O[C@H]1CO)c1cccc(F)c1. The summed E-state index contributed by atoms with van der Waals surface area (Å²) in [6.45, 7) is -0.227. The predicted molar refractivity (Wildman–Crippen MR) is 109 cm³/mol. The molecule has 3 N–H and O–H groups in total. The third-order valence-electron chi connectivity index (χ3n) is 5.08. The van der Waals surface area contributed by atoms with Gasteiger partial charge in [-0.3, -0.25) is 4.79 Å². The van der Waals surface area contributed by atoms with Crippen molar-refractivity contribution < 1.29 is 31.8 Å². The van der Waals surface area contributed by atoms with Gasteiger partial charge in [0, 0.05) is 12.1 Å². The van der Waals surface area contributed by atoms with Crippen LogP contribution in [0.4, 0.5) is 8.78 Å². The highest BCUT2D eigenvalue weighted by Crippen LogP contribution is 2.22. The van der Waals surface area contributed by atoms with Gasteiger partial charge in [0.25, 0.3) is 5.91 Å². The molecule has 0 unspecified atom stereocenters. The molecule has 1 aliphatic heterocycles. The standard InChI is InChI=1S/C21H24F2N2O5S/c22-15-4-7-18(8-5-15)31(28,29)24-11-10-17-6-9-19(20(13-26)30-17)25-21(27)14-2-1-3-16(23)12-14/h1-5,7-8,12,17,19-20,24,26H,6,9-11,13H2,(H,25,27)/t17-,19+,20-/m0/s1. The maximum absolute atomic E-state index is 13.3. The Kier molecular flexibility index (Phi) is 7.71. The van der Waals surface area contributed by atoms with Crippen LogP contribution in [0.15, 0.2) is 53.4 Å². The van der Waals surface area contributed by atoms with E-state index in [1.165, 1.54) is 30.3 Å². The molecule has 0 aliphatic carbocycles. The number of amides is 1. The number of halogens is 2. The first-order chi connectivity index (χ1) is 14.8. The third-order valence-corrected chi connectivity index (χ3v) is 6.56. The van der Waals surface area contributed by atoms with E-state index in [4.69, 9.17) is 4.74 Å². The lowest BCUT2D eigenvalue weighted by atomic mass is 9.97. The number of nitrogens with one attached hydrogen (secondary N) is 2. The van der Waals surface area contributed by atoms with Crippen molar-refractivity contribution in [2.75, 3.05) is 13.2 Å². The number of sulfonamides is 1. The van der Waals surface area contributed by atoms with Crippen LogP contribution in [0.3, 0.4) is 0 Å². The molecule has 7 nitrogen and oxygen atoms in total. The summed E-state index contributed by atoms with van der Waals surface area (Å²) in [5.74, 6) is -1.50. The molecule has 1 fully saturated rings. The largest absolute Gasteiger partial charge is 0.394 e. The second kappa shape index (κ2) is 10.3. The topological polar surface area (TPSA) is 105 Å². The van der Waals surface area contributed by atoms with Crippen molar-refractivity contribution in [1.82, 2.24) is 10.0 Å². The third kappa shape index (κ3) is 6.30. The van der Waals surface area contributed by atoms with Gasteiger partial charge in [-0.1, -0.05) is 6.07 Å². The minimum absolute atomic E-state index is 0.0353. The number of carbonyl (C=O) groups excluding carboxylic acids is 1. The minimum atomic E-state index is -3.77. The van der Waals surface area contributed by atoms with Crippen LogP contribution in [0.2, 0.25) is 0 Å². The van der Waals surface area contributed by atoms with Crippen molar-refractivity contribution >= 4 is 15.9 Å². The zero-order valence-electron chi connectivity index (χ0n) is 16.6. The first-order valence-corrected chi connectivity index (χ1v) is 11.3. The summed E-state index contributed by atoms with van der Waals surface area (Å²) in [5, 5.41) is 12.4. The fraction of sp³-hybridized carbons (Fsp3) is 0.381. The fourth-order valence-electron chi connectivity index (χ4n) is 3.44. The van der Waals surface area contributed by atoms with Gasteiger partial charge in [0.1, 0.15) is 17.7 Å². The predicted octanol–water partition coefficient (Wildman–Crippen LogP) is 1.97. The molecule has 1 saturated heterocycles. The molecule has 3 rings (SSSR count). The summed E-state index contributed by atoms with van der Waals surface area (Å²) >= 11 is 0. The Hall–Kier alpha value is -2.40. The van der Waals surface area contributed by atoms with Gasteiger partial charge in [-0.05, 0) is 61.7 Å². The number of benzene rings is 2. The van der Waals surface area contributed by atoms with E-state index in [-0.39, 0.29) is 29.7 Å². The molecule has 10 heteroatoms. The first-order valence-electron chi connectivity index (χ1n) is 9.86. The van der Waals surface area contributed by atoms with Crippen LogP contribution in [0.25, 0.3) is 0 Å². The molecule has 1 heterocycles. The van der Waals surface area contributed by atoms with Gasteiger partial charge < -0.3 is 15.2 Å². The number of aliphatic hydroxyl groups excluding tert-OH is 1. The lowest BCUT2D eigenvalue weighted by Gasteiger charge is -2.36. The maximum atomic E-state index is 13.3. The van der Waals surface area contributed by atoms with Crippen LogP contribution in [0.5, 0.6) is 0 Å². The Balaban J connectivity index is 1.50. The lowest BCUT2D eigenvalue weighted by Crippen LogP contribution is -2.51. The average Bonchev–Trinajstić information content (AvgIpc) is 2.74. The van der Waals surface area contributed by atoms with E-state index in [1.54, 1.807) is 0 Å². The minimum Gasteiger partial charge on any atom is -0.394 e. The monoisotopic (exact) mass is 454 g/mol. The molecular formula is C21H24F2N2O5S. The van der Waals surface area contributed by atoms with Gasteiger partial charge in [0.05, 0.1) is 23.6 Å². The number of rotatable bonds is 8. The van der Waals surface area contributed by atoms with Crippen LogP contribution in [0, 0.1) is 11.6 Å². The Bertz CT molecular complexity index is 1000. The Labute approximate surface area is 179 Å². The van der Waals surface area contributed by atoms with Gasteiger partial charge in [0.2, 0.25) is 10.0 Å². The van der Waals surface area contributed by atoms with Gasteiger partial charge in [-0.15, -0.1) is 0 Å². The summed E-state index contributed by atoms with van der Waals surface area (Å²) < 4.78 is 59.1. The quantitative estimate of drug-likeness (QED) is 0.566. The zero-order chi connectivity index (χ0) is 22.4. The molecule has 2 aromatic carbocycles. The smallest absolute Gasteiger partial charge is 0.251 e. The van der Waals surface area contributed by atoms with Gasteiger partial charge in [0.15, 0.2) is 0 Å². The highest BCUT2D eigenvalue weighted by Gasteiger charge is 2.32. The molecule has 0 bridgehead atoms. The van der Waals surface area contributed by atoms with Gasteiger partial charge >= 0.3 is 0 Å². The van der Waals surface area contributed by atoms with E-state index in [1.807, 2.05) is 0 Å². The van der Waals surface area contributed by atoms with Crippen LogP contribution in [-0.2, 0) is 14.8 Å². The molecule has 0 spiro atoms. The normalized spacial score (nSPS) is 21.6. The highest BCUT2D eigenvalue weighted by atomic mass is 32.2. The molecule has 1 aliphatic rings. The molecule has 31 heavy (non-hydrogen) atoms. The number of aliphatic hydroxyl groups is 1. The van der Waals surface area contributed by atoms with E-state index in [0.717, 1.165) is 18.2 Å². The summed E-state index contributed by atoms with van der Waals surface area (Å²) in [7, 11) is -3.77. The number of hydrogen-bond donors (Lipinski definition) is 3. The highest BCUT2D eigenvalue weighted by molar-refractivity contribution is 7.89. The Morgan fingerprint density at radius 2 is 1.84 bits per heavy atom. The van der Waals surface area contributed by atoms with Crippen molar-refractivity contribution in [1.29, 1.82) is 0 Å². The van der Waals surface area contributed by atoms with Crippen LogP contribution in [0.1, 0.15) is 29.6 Å². The molecule has 3 atom stereocenters. The maximum Gasteiger partial charge on any atom is 0.251 e. The second-order valence-corrected chi connectivity index (χ2v) is 9.05. The summed E-state index contributed by atoms with van der Waals surface area (Å²) in [4.78, 5) is 12.3. The Morgan fingerprint density at radius 3 is 2.52 bits per heavy atom. The van der Waals surface area contributed by atoms with E-state index in [0.29, 0.717) is 19.3 Å². The zero-order valence-corrected chi connectivity index (χ0v) is 17.4. The second-order valence-electron chi connectivity index (χ2n) is 7.29. The van der Waals surface area contributed by atoms with E-state index < -0.39 is 39.7 Å². The van der Waals surface area contributed by atoms with Crippen molar-refractivity contribution in [3.63, 3.8) is 0 Å². The van der Waals surface area contributed by atoms with Crippen LogP contribution < -0.4 is 10.0 Å². The molecule has 1 amide bonds. The van der Waals surface area contributed by atoms with Gasteiger partial charge in [-0.25, -0.2) is 21.9 Å². The van der Waals surface area contributed by atoms with Crippen molar-refractivity contribution in [2.24, 2.45) is 0 Å². The molecular weight excluding hydrogens is 430 g/mol. The molecule has 0 aromatic heterocycles. The summed E-state index contributed by atoms with van der Waals surface area (Å²) in [6.07, 6.45) is 0.451. The van der Waals surface area contributed by atoms with Crippen molar-refractivity contribution in [2.45, 2.75) is 42.4 Å². The average molecular weight is 454 g/mol. The molecule has 168 valence electrons. The summed E-state index contributed by atoms with van der Waals surface area (Å²) in [5.41, 5.74) is 0.175. The van der Waals surface area contributed by atoms with Crippen LogP contribution in [-0.4, -0.2) is 50.8 Å². The van der Waals surface area contributed by atoms with Crippen molar-refractivity contribution in [3.8, 4) is 0 Å². The van der Waals surface area contributed by atoms with Gasteiger partial charge in [-0.2, -0.15) is 0 Å². The van der Waals surface area contributed by atoms with Crippen molar-refractivity contribution in [3.05, 3.63) is 65.7 Å². The lowest BCUT2D eigenvalue weighted by molar-refractivity contribution is -0.0891. The fourth-order valence-corrected chi connectivity index (χ4v) is 4.49. The number of hydrogen-bond acceptors (Lipinski definition) is 5. The summed E-state index contributed by atoms with van der Waals surface area (Å²) in [6, 6.07) is 9.36. The number of carbonyl (C=O) groups is 1. The van der Waals surface area contributed by atoms with E-state index in [2.05, 4.69) is 10.0 Å². The van der Waals surface area contributed by atoms with Crippen LogP contribution >= 0.6 is 0 Å². The van der Waals surface area contributed by atoms with E-state index >= 15 is 0 Å². The number of ether oxygens (including phenoxy) is 1.